The van der Waals surface area contributed by atoms with Crippen LogP contribution in [0, 0.1) is 14.9 Å². The summed E-state index contributed by atoms with van der Waals surface area (Å²) in [6, 6.07) is 21.5. The number of nitriles is 1. The Bertz CT molecular complexity index is 1210. The molecule has 0 aliphatic carbocycles. The molecular formula is C26H22BrIN2O2. The minimum absolute atomic E-state index is 0.0345. The van der Waals surface area contributed by atoms with Gasteiger partial charge in [-0.05, 0) is 76.0 Å². The molecule has 162 valence electrons. The molecule has 0 aliphatic rings. The molecule has 3 aromatic rings. The van der Waals surface area contributed by atoms with Crippen molar-refractivity contribution < 1.29 is 9.53 Å². The second kappa shape index (κ2) is 11.3. The minimum Gasteiger partial charge on any atom is -0.496 e. The number of nitrogens with zero attached hydrogens (tertiary/aromatic N) is 1. The summed E-state index contributed by atoms with van der Waals surface area (Å²) < 4.78 is 7.69. The number of anilines is 1. The van der Waals surface area contributed by atoms with E-state index in [0.29, 0.717) is 12.2 Å². The van der Waals surface area contributed by atoms with Crippen molar-refractivity contribution in [3.8, 4) is 11.8 Å². The van der Waals surface area contributed by atoms with Crippen molar-refractivity contribution in [2.24, 2.45) is 0 Å². The van der Waals surface area contributed by atoms with Gasteiger partial charge in [0.25, 0.3) is 5.91 Å². The summed E-state index contributed by atoms with van der Waals surface area (Å²) in [6.07, 6.45) is 3.08. The molecule has 4 nitrogen and oxygen atoms in total. The number of hydrogen-bond acceptors (Lipinski definition) is 3. The Balaban J connectivity index is 1.91. The molecule has 0 saturated heterocycles. The van der Waals surface area contributed by atoms with E-state index in [-0.39, 0.29) is 5.57 Å². The van der Waals surface area contributed by atoms with Gasteiger partial charge in [0.1, 0.15) is 17.4 Å². The van der Waals surface area contributed by atoms with Crippen molar-refractivity contribution in [2.45, 2.75) is 19.8 Å². The van der Waals surface area contributed by atoms with E-state index < -0.39 is 5.91 Å². The number of carbonyl (C=O) groups is 1. The van der Waals surface area contributed by atoms with E-state index in [2.05, 4.69) is 49.9 Å². The van der Waals surface area contributed by atoms with Crippen molar-refractivity contribution in [1.82, 2.24) is 0 Å². The number of methoxy groups -OCH3 is 1. The summed E-state index contributed by atoms with van der Waals surface area (Å²) in [5.74, 6) is 0.285. The molecule has 1 N–H and O–H groups in total. The first-order chi connectivity index (χ1) is 15.5. The molecule has 3 aromatic carbocycles. The molecular weight excluding hydrogens is 579 g/mol. The molecule has 0 bridgehead atoms. The van der Waals surface area contributed by atoms with Crippen LogP contribution in [0.1, 0.15) is 29.2 Å². The maximum absolute atomic E-state index is 12.8. The standard InChI is InChI=1S/C26H22BrIN2O2/c1-3-18-8-5-7-11-24(18)30-26(31)20(16-29)12-17-13-23(28)21(25(14-17)32-2)15-19-9-4-6-10-22(19)27/h4-14H,3,15H2,1-2H3,(H,30,31)/b20-12+. The van der Waals surface area contributed by atoms with Crippen LogP contribution < -0.4 is 10.1 Å². The highest BCUT2D eigenvalue weighted by atomic mass is 127. The van der Waals surface area contributed by atoms with Gasteiger partial charge in [0.05, 0.1) is 7.11 Å². The van der Waals surface area contributed by atoms with Gasteiger partial charge in [-0.3, -0.25) is 4.79 Å². The number of ether oxygens (including phenoxy) is 1. The fourth-order valence-corrected chi connectivity index (χ4v) is 4.60. The lowest BCUT2D eigenvalue weighted by atomic mass is 10.0. The minimum atomic E-state index is -0.431. The number of benzene rings is 3. The summed E-state index contributed by atoms with van der Waals surface area (Å²) in [6.45, 7) is 2.02. The van der Waals surface area contributed by atoms with E-state index in [1.165, 1.54) is 0 Å². The highest BCUT2D eigenvalue weighted by molar-refractivity contribution is 14.1. The molecule has 0 unspecified atom stereocenters. The van der Waals surface area contributed by atoms with Crippen LogP contribution >= 0.6 is 38.5 Å². The zero-order valence-corrected chi connectivity index (χ0v) is 21.5. The first-order valence-corrected chi connectivity index (χ1v) is 11.9. The summed E-state index contributed by atoms with van der Waals surface area (Å²) in [4.78, 5) is 12.8. The van der Waals surface area contributed by atoms with Gasteiger partial charge in [0.2, 0.25) is 0 Å². The third kappa shape index (κ3) is 5.78. The summed E-state index contributed by atoms with van der Waals surface area (Å²) in [7, 11) is 1.63. The predicted octanol–water partition coefficient (Wildman–Crippen LogP) is 6.76. The van der Waals surface area contributed by atoms with Crippen molar-refractivity contribution in [1.29, 1.82) is 5.26 Å². The second-order valence-corrected chi connectivity index (χ2v) is 9.10. The molecule has 0 atom stereocenters. The van der Waals surface area contributed by atoms with E-state index in [9.17, 15) is 10.1 Å². The van der Waals surface area contributed by atoms with Crippen LogP contribution in [0.5, 0.6) is 5.75 Å². The molecule has 0 spiro atoms. The van der Waals surface area contributed by atoms with Gasteiger partial charge in [0, 0.05) is 25.7 Å². The topological polar surface area (TPSA) is 62.1 Å². The summed E-state index contributed by atoms with van der Waals surface area (Å²) in [5.41, 5.74) is 4.71. The molecule has 0 aromatic heterocycles. The van der Waals surface area contributed by atoms with Crippen LogP contribution in [0.2, 0.25) is 0 Å². The molecule has 0 heterocycles. The van der Waals surface area contributed by atoms with Gasteiger partial charge in [-0.1, -0.05) is 59.3 Å². The van der Waals surface area contributed by atoms with Gasteiger partial charge >= 0.3 is 0 Å². The molecule has 0 radical (unpaired) electrons. The molecule has 3 rings (SSSR count). The smallest absolute Gasteiger partial charge is 0.266 e. The number of nitrogens with one attached hydrogen (secondary N) is 1. The van der Waals surface area contributed by atoms with Crippen molar-refractivity contribution >= 4 is 56.2 Å². The maximum atomic E-state index is 12.8. The second-order valence-electron chi connectivity index (χ2n) is 7.09. The Morgan fingerprint density at radius 2 is 1.84 bits per heavy atom. The van der Waals surface area contributed by atoms with Crippen molar-refractivity contribution in [3.63, 3.8) is 0 Å². The third-order valence-corrected chi connectivity index (χ3v) is 6.78. The van der Waals surface area contributed by atoms with Crippen LogP contribution in [0.25, 0.3) is 6.08 Å². The first-order valence-electron chi connectivity index (χ1n) is 10.1. The zero-order chi connectivity index (χ0) is 23.1. The van der Waals surface area contributed by atoms with Crippen LogP contribution in [-0.2, 0) is 17.6 Å². The van der Waals surface area contributed by atoms with E-state index >= 15 is 0 Å². The van der Waals surface area contributed by atoms with E-state index in [0.717, 1.165) is 42.4 Å². The quantitative estimate of drug-likeness (QED) is 0.185. The highest BCUT2D eigenvalue weighted by Crippen LogP contribution is 2.31. The van der Waals surface area contributed by atoms with Gasteiger partial charge in [-0.2, -0.15) is 5.26 Å². The first kappa shape index (κ1) is 24.0. The molecule has 0 aliphatic heterocycles. The highest BCUT2D eigenvalue weighted by Gasteiger charge is 2.15. The monoisotopic (exact) mass is 600 g/mol. The van der Waals surface area contributed by atoms with E-state index in [4.69, 9.17) is 4.74 Å². The molecule has 0 saturated carbocycles. The third-order valence-electron chi connectivity index (χ3n) is 5.04. The number of amides is 1. The van der Waals surface area contributed by atoms with Crippen molar-refractivity contribution in [2.75, 3.05) is 12.4 Å². The SMILES string of the molecule is CCc1ccccc1NC(=O)/C(C#N)=C/c1cc(I)c(Cc2ccccc2Br)c(OC)c1. The van der Waals surface area contributed by atoms with Crippen LogP contribution in [0.3, 0.4) is 0 Å². The van der Waals surface area contributed by atoms with Crippen molar-refractivity contribution in [3.05, 3.63) is 96.5 Å². The van der Waals surface area contributed by atoms with Crippen LogP contribution in [0.4, 0.5) is 5.69 Å². The largest absolute Gasteiger partial charge is 0.496 e. The Morgan fingerprint density at radius 1 is 1.16 bits per heavy atom. The van der Waals surface area contributed by atoms with Crippen LogP contribution in [-0.4, -0.2) is 13.0 Å². The molecule has 6 heteroatoms. The maximum Gasteiger partial charge on any atom is 0.266 e. The number of hydrogen-bond donors (Lipinski definition) is 1. The lowest BCUT2D eigenvalue weighted by molar-refractivity contribution is -0.112. The number of halogens is 2. The van der Waals surface area contributed by atoms with Gasteiger partial charge in [-0.25, -0.2) is 0 Å². The average molecular weight is 601 g/mol. The fraction of sp³-hybridized carbons (Fsp3) is 0.154. The Labute approximate surface area is 210 Å². The predicted molar refractivity (Wildman–Crippen MR) is 141 cm³/mol. The normalized spacial score (nSPS) is 11.0. The molecule has 32 heavy (non-hydrogen) atoms. The lowest BCUT2D eigenvalue weighted by Gasteiger charge is -2.14. The van der Waals surface area contributed by atoms with Gasteiger partial charge in [0.15, 0.2) is 0 Å². The lowest BCUT2D eigenvalue weighted by Crippen LogP contribution is -2.14. The Morgan fingerprint density at radius 3 is 2.50 bits per heavy atom. The Kier molecular flexibility index (Phi) is 8.48. The number of carbonyl (C=O) groups excluding carboxylic acids is 1. The molecule has 1 amide bonds. The fourth-order valence-electron chi connectivity index (χ4n) is 3.36. The number of rotatable bonds is 7. The van der Waals surface area contributed by atoms with Crippen LogP contribution in [0.15, 0.2) is 70.7 Å². The zero-order valence-electron chi connectivity index (χ0n) is 17.8. The number of para-hydroxylation sites is 1. The van der Waals surface area contributed by atoms with Gasteiger partial charge in [-0.15, -0.1) is 0 Å². The van der Waals surface area contributed by atoms with E-state index in [1.54, 1.807) is 13.2 Å². The average Bonchev–Trinajstić information content (AvgIpc) is 2.80. The summed E-state index contributed by atoms with van der Waals surface area (Å²) in [5, 5.41) is 12.5. The summed E-state index contributed by atoms with van der Waals surface area (Å²) >= 11 is 5.87. The van der Waals surface area contributed by atoms with E-state index in [1.807, 2.05) is 67.6 Å². The Hall–Kier alpha value is -2.63. The number of aryl methyl sites for hydroxylation is 1. The van der Waals surface area contributed by atoms with Gasteiger partial charge < -0.3 is 10.1 Å². The molecule has 0 fully saturated rings.